The summed E-state index contributed by atoms with van der Waals surface area (Å²) < 4.78 is 0. The van der Waals surface area contributed by atoms with Crippen LogP contribution in [0.2, 0.25) is 0 Å². The number of hydrogen-bond donors (Lipinski definition) is 1. The second-order valence-electron chi connectivity index (χ2n) is 8.26. The van der Waals surface area contributed by atoms with Gasteiger partial charge >= 0.3 is 5.97 Å². The lowest BCUT2D eigenvalue weighted by molar-refractivity contribution is -0.143. The zero-order valence-electron chi connectivity index (χ0n) is 16.7. The van der Waals surface area contributed by atoms with E-state index in [1.807, 2.05) is 0 Å². The summed E-state index contributed by atoms with van der Waals surface area (Å²) >= 11 is 0. The number of aryl methyl sites for hydroxylation is 2. The van der Waals surface area contributed by atoms with Crippen LogP contribution in [0.25, 0.3) is 0 Å². The molecule has 0 spiro atoms. The number of carbonyl (C=O) groups is 1. The summed E-state index contributed by atoms with van der Waals surface area (Å²) in [6.45, 7) is 3.54. The number of hydrogen-bond acceptors (Lipinski definition) is 3. The molecule has 1 saturated heterocycles. The van der Waals surface area contributed by atoms with Crippen LogP contribution in [0.15, 0.2) is 48.5 Å². The van der Waals surface area contributed by atoms with Crippen LogP contribution >= 0.6 is 0 Å². The van der Waals surface area contributed by atoms with E-state index in [9.17, 15) is 9.90 Å². The number of nitrogens with zero attached hydrogens (tertiary/aromatic N) is 2. The van der Waals surface area contributed by atoms with E-state index >= 15 is 0 Å². The Balaban J connectivity index is 1.53. The fourth-order valence-electron chi connectivity index (χ4n) is 4.86. The molecule has 28 heavy (non-hydrogen) atoms. The fraction of sp³-hybridized carbons (Fsp3) is 0.458. The molecule has 1 aliphatic carbocycles. The summed E-state index contributed by atoms with van der Waals surface area (Å²) in [5.41, 5.74) is 5.72. The van der Waals surface area contributed by atoms with Crippen molar-refractivity contribution in [1.29, 1.82) is 0 Å². The minimum absolute atomic E-state index is 0.210. The van der Waals surface area contributed by atoms with Gasteiger partial charge in [-0.2, -0.15) is 0 Å². The number of carboxylic acid groups (broad SMARTS) is 1. The van der Waals surface area contributed by atoms with Crippen molar-refractivity contribution in [3.8, 4) is 0 Å². The summed E-state index contributed by atoms with van der Waals surface area (Å²) in [7, 11) is 2.21. The minimum atomic E-state index is -0.648. The van der Waals surface area contributed by atoms with Gasteiger partial charge in [-0.25, -0.2) is 0 Å². The number of benzene rings is 2. The van der Waals surface area contributed by atoms with Gasteiger partial charge in [-0.05, 0) is 61.5 Å². The molecular weight excluding hydrogens is 348 g/mol. The van der Waals surface area contributed by atoms with E-state index in [0.717, 1.165) is 45.3 Å². The van der Waals surface area contributed by atoms with Gasteiger partial charge in [0.15, 0.2) is 0 Å². The molecule has 2 aromatic rings. The number of rotatable bonds is 5. The zero-order valence-corrected chi connectivity index (χ0v) is 16.7. The highest BCUT2D eigenvalue weighted by Gasteiger charge is 2.28. The maximum atomic E-state index is 11.4. The topological polar surface area (TPSA) is 43.8 Å². The van der Waals surface area contributed by atoms with Crippen molar-refractivity contribution in [1.82, 2.24) is 9.80 Å². The Labute approximate surface area is 167 Å². The van der Waals surface area contributed by atoms with E-state index in [1.54, 1.807) is 0 Å². The van der Waals surface area contributed by atoms with Crippen molar-refractivity contribution in [2.45, 2.75) is 31.7 Å². The van der Waals surface area contributed by atoms with Gasteiger partial charge in [0, 0.05) is 19.6 Å². The van der Waals surface area contributed by atoms with Gasteiger partial charge in [-0.15, -0.1) is 0 Å². The number of aliphatic carboxylic acids is 1. The van der Waals surface area contributed by atoms with Crippen LogP contribution in [0.4, 0.5) is 0 Å². The molecule has 0 aromatic heterocycles. The summed E-state index contributed by atoms with van der Waals surface area (Å²) in [6, 6.07) is 17.9. The zero-order chi connectivity index (χ0) is 19.5. The van der Waals surface area contributed by atoms with Gasteiger partial charge in [0.25, 0.3) is 0 Å². The Morgan fingerprint density at radius 2 is 1.68 bits per heavy atom. The van der Waals surface area contributed by atoms with Gasteiger partial charge < -0.3 is 10.0 Å². The Bertz CT molecular complexity index is 787. The van der Waals surface area contributed by atoms with Crippen LogP contribution in [-0.2, 0) is 17.6 Å². The highest BCUT2D eigenvalue weighted by molar-refractivity contribution is 5.70. The molecule has 148 valence electrons. The van der Waals surface area contributed by atoms with Crippen molar-refractivity contribution >= 4 is 5.97 Å². The van der Waals surface area contributed by atoms with Gasteiger partial charge in [-0.1, -0.05) is 48.5 Å². The van der Waals surface area contributed by atoms with Crippen LogP contribution < -0.4 is 0 Å². The predicted octanol–water partition coefficient (Wildman–Crippen LogP) is 3.60. The third-order valence-corrected chi connectivity index (χ3v) is 6.43. The summed E-state index contributed by atoms with van der Waals surface area (Å²) in [5, 5.41) is 9.35. The molecule has 1 aliphatic heterocycles. The monoisotopic (exact) mass is 378 g/mol. The average Bonchev–Trinajstić information content (AvgIpc) is 2.89. The third kappa shape index (κ3) is 3.98. The van der Waals surface area contributed by atoms with E-state index in [2.05, 4.69) is 65.4 Å². The largest absolute Gasteiger partial charge is 0.481 e. The molecule has 4 nitrogen and oxygen atoms in total. The van der Waals surface area contributed by atoms with Crippen molar-refractivity contribution < 1.29 is 9.90 Å². The second-order valence-corrected chi connectivity index (χ2v) is 8.26. The first kappa shape index (κ1) is 19.2. The first-order valence-electron chi connectivity index (χ1n) is 10.4. The van der Waals surface area contributed by atoms with Crippen LogP contribution in [0, 0.1) is 5.92 Å². The minimum Gasteiger partial charge on any atom is -0.481 e. The standard InChI is InChI=1S/C24H30N2O2/c1-25(15-16-26-14-6-9-20(17-26)24(27)28)23-21-10-4-2-7-18(21)12-13-19-8-3-5-11-22(19)23/h2-5,7-8,10-11,20,23H,6,9,12-17H2,1H3,(H,27,28). The molecule has 0 amide bonds. The first-order valence-corrected chi connectivity index (χ1v) is 10.4. The molecule has 0 radical (unpaired) electrons. The molecule has 4 heteroatoms. The lowest BCUT2D eigenvalue weighted by Crippen LogP contribution is -2.42. The van der Waals surface area contributed by atoms with Crippen molar-refractivity contribution in [3.05, 3.63) is 70.8 Å². The molecule has 0 bridgehead atoms. The Kier molecular flexibility index (Phi) is 5.79. The number of carboxylic acids is 1. The number of piperidine rings is 1. The van der Waals surface area contributed by atoms with Crippen LogP contribution in [0.5, 0.6) is 0 Å². The lowest BCUT2D eigenvalue weighted by Gasteiger charge is -2.35. The van der Waals surface area contributed by atoms with E-state index in [-0.39, 0.29) is 12.0 Å². The maximum Gasteiger partial charge on any atom is 0.307 e. The summed E-state index contributed by atoms with van der Waals surface area (Å²) in [6.07, 6.45) is 3.97. The highest BCUT2D eigenvalue weighted by Crippen LogP contribution is 2.36. The lowest BCUT2D eigenvalue weighted by atomic mass is 9.93. The second kappa shape index (κ2) is 8.46. The van der Waals surface area contributed by atoms with Crippen molar-refractivity contribution in [2.75, 3.05) is 33.2 Å². The van der Waals surface area contributed by atoms with Gasteiger partial charge in [0.1, 0.15) is 0 Å². The molecule has 2 aliphatic rings. The Hall–Kier alpha value is -2.17. The fourth-order valence-corrected chi connectivity index (χ4v) is 4.86. The predicted molar refractivity (Wildman–Crippen MR) is 112 cm³/mol. The van der Waals surface area contributed by atoms with Crippen molar-refractivity contribution in [2.24, 2.45) is 5.92 Å². The SMILES string of the molecule is CN(CCN1CCCC(C(=O)O)C1)C1c2ccccc2CCc2ccccc21. The number of fused-ring (bicyclic) bond motifs is 2. The molecule has 1 unspecified atom stereocenters. The highest BCUT2D eigenvalue weighted by atomic mass is 16.4. The maximum absolute atomic E-state index is 11.4. The van der Waals surface area contributed by atoms with Crippen LogP contribution in [0.3, 0.4) is 0 Å². The molecule has 0 saturated carbocycles. The van der Waals surface area contributed by atoms with Crippen molar-refractivity contribution in [3.63, 3.8) is 0 Å². The molecule has 1 atom stereocenters. The Morgan fingerprint density at radius 3 is 2.29 bits per heavy atom. The molecular formula is C24H30N2O2. The van der Waals surface area contributed by atoms with Gasteiger partial charge in [0.2, 0.25) is 0 Å². The quantitative estimate of drug-likeness (QED) is 0.863. The number of likely N-dealkylation sites (N-methyl/N-ethyl adjacent to an activating group) is 1. The molecule has 1 heterocycles. The van der Waals surface area contributed by atoms with E-state index < -0.39 is 5.97 Å². The smallest absolute Gasteiger partial charge is 0.307 e. The molecule has 2 aromatic carbocycles. The molecule has 4 rings (SSSR count). The van der Waals surface area contributed by atoms with Crippen LogP contribution in [0.1, 0.15) is 41.1 Å². The normalized spacial score (nSPS) is 20.4. The number of likely N-dealkylation sites (tertiary alicyclic amines) is 1. The summed E-state index contributed by atoms with van der Waals surface area (Å²) in [4.78, 5) is 16.1. The molecule has 1 N–H and O–H groups in total. The average molecular weight is 379 g/mol. The summed E-state index contributed by atoms with van der Waals surface area (Å²) in [5.74, 6) is -0.858. The van der Waals surface area contributed by atoms with E-state index in [0.29, 0.717) is 6.54 Å². The van der Waals surface area contributed by atoms with E-state index in [1.165, 1.54) is 22.3 Å². The van der Waals surface area contributed by atoms with E-state index in [4.69, 9.17) is 0 Å². The Morgan fingerprint density at radius 1 is 1.07 bits per heavy atom. The molecule has 1 fully saturated rings. The van der Waals surface area contributed by atoms with Gasteiger partial charge in [0.05, 0.1) is 12.0 Å². The van der Waals surface area contributed by atoms with Crippen LogP contribution in [-0.4, -0.2) is 54.1 Å². The first-order chi connectivity index (χ1) is 13.6. The van der Waals surface area contributed by atoms with Gasteiger partial charge in [-0.3, -0.25) is 9.69 Å². The third-order valence-electron chi connectivity index (χ3n) is 6.43.